The number of thiophene rings is 1. The largest absolute Gasteiger partial charge is 0.507 e. The van der Waals surface area contributed by atoms with E-state index in [0.29, 0.717) is 17.5 Å². The summed E-state index contributed by atoms with van der Waals surface area (Å²) in [5, 5.41) is 12.5. The first kappa shape index (κ1) is 13.9. The average molecular weight is 318 g/mol. The summed E-state index contributed by atoms with van der Waals surface area (Å²) in [6.45, 7) is 4.41. The summed E-state index contributed by atoms with van der Waals surface area (Å²) in [7, 11) is 0. The summed E-state index contributed by atoms with van der Waals surface area (Å²) in [6.07, 6.45) is 2.24. The number of hydrogen-bond donors (Lipinski definition) is 2. The highest BCUT2D eigenvalue weighted by Crippen LogP contribution is 2.37. The zero-order chi connectivity index (χ0) is 15.1. The Hall–Kier alpha value is -1.72. The van der Waals surface area contributed by atoms with Gasteiger partial charge in [0.05, 0.1) is 12.1 Å². The van der Waals surface area contributed by atoms with Crippen LogP contribution in [-0.2, 0) is 13.0 Å². The number of fused-ring (bicyclic) bond motifs is 2. The normalized spacial score (nSPS) is 22.6. The number of quaternary nitrogens is 1. The fourth-order valence-corrected chi connectivity index (χ4v) is 4.56. The number of phenolic OH excluding ortho intramolecular Hbond substituents is 1. The molecule has 116 valence electrons. The zero-order valence-electron chi connectivity index (χ0n) is 12.6. The van der Waals surface area contributed by atoms with Crippen LogP contribution in [0, 0.1) is 0 Å². The van der Waals surface area contributed by atoms with Gasteiger partial charge in [0.25, 0.3) is 0 Å². The summed E-state index contributed by atoms with van der Waals surface area (Å²) in [4.78, 5) is 3.05. The molecule has 0 saturated heterocycles. The van der Waals surface area contributed by atoms with Crippen molar-refractivity contribution in [2.45, 2.75) is 32.4 Å². The van der Waals surface area contributed by atoms with Gasteiger partial charge in [-0.1, -0.05) is 6.92 Å². The lowest BCUT2D eigenvalue weighted by Crippen LogP contribution is -3.12. The minimum Gasteiger partial charge on any atom is -0.507 e. The van der Waals surface area contributed by atoms with Crippen molar-refractivity contribution in [3.8, 4) is 17.2 Å². The molecule has 1 aromatic carbocycles. The molecule has 5 heteroatoms. The predicted octanol–water partition coefficient (Wildman–Crippen LogP) is 2.27. The third-order valence-corrected chi connectivity index (χ3v) is 5.72. The molecule has 4 nitrogen and oxygen atoms in total. The Morgan fingerprint density at radius 3 is 2.95 bits per heavy atom. The van der Waals surface area contributed by atoms with Gasteiger partial charge in [0, 0.05) is 29.3 Å². The molecule has 0 aliphatic carbocycles. The van der Waals surface area contributed by atoms with Crippen LogP contribution in [0.25, 0.3) is 0 Å². The summed E-state index contributed by atoms with van der Waals surface area (Å²) in [5.41, 5.74) is 2.44. The second kappa shape index (κ2) is 5.48. The molecule has 2 N–H and O–H groups in total. The minimum atomic E-state index is 0.241. The molecule has 2 aliphatic rings. The maximum atomic E-state index is 10.3. The number of benzene rings is 1. The molecule has 0 saturated carbocycles. The summed E-state index contributed by atoms with van der Waals surface area (Å²) in [5.74, 6) is 1.69. The van der Waals surface area contributed by atoms with E-state index < -0.39 is 0 Å². The molecule has 0 radical (unpaired) electrons. The molecule has 2 aromatic rings. The van der Waals surface area contributed by atoms with Crippen molar-refractivity contribution in [3.05, 3.63) is 39.6 Å². The Balaban J connectivity index is 1.61. The van der Waals surface area contributed by atoms with Crippen molar-refractivity contribution in [2.24, 2.45) is 0 Å². The van der Waals surface area contributed by atoms with Crippen LogP contribution in [0.1, 0.15) is 35.4 Å². The topological polar surface area (TPSA) is 43.1 Å². The Labute approximate surface area is 133 Å². The molecular weight excluding hydrogens is 298 g/mol. The quantitative estimate of drug-likeness (QED) is 0.912. The van der Waals surface area contributed by atoms with Crippen molar-refractivity contribution in [2.75, 3.05) is 13.3 Å². The molecule has 0 amide bonds. The molecule has 2 aliphatic heterocycles. The summed E-state index contributed by atoms with van der Waals surface area (Å²) >= 11 is 1.87. The summed E-state index contributed by atoms with van der Waals surface area (Å²) < 4.78 is 10.8. The van der Waals surface area contributed by atoms with Crippen LogP contribution in [-0.4, -0.2) is 18.4 Å². The maximum absolute atomic E-state index is 10.3. The smallest absolute Gasteiger partial charge is 0.231 e. The van der Waals surface area contributed by atoms with Crippen molar-refractivity contribution in [3.63, 3.8) is 0 Å². The number of ether oxygens (including phenoxy) is 2. The monoisotopic (exact) mass is 318 g/mol. The fraction of sp³-hybridized carbons (Fsp3) is 0.412. The standard InChI is InChI=1S/C17H19NO3S/c1-2-13-12-4-6-22-17(12)3-5-18(13)9-11-7-15-16(8-14(11)19)21-10-20-15/h4,6-8,13,19H,2-3,5,9-10H2,1H3/p+1/t13-/m1/s1. The lowest BCUT2D eigenvalue weighted by molar-refractivity contribution is -0.947. The van der Waals surface area contributed by atoms with Gasteiger partial charge in [0.2, 0.25) is 6.79 Å². The SMILES string of the molecule is CC[C@@H]1c2ccsc2CC[NH+]1Cc1cc2c(cc1O)OCO2. The molecular formula is C17H20NO3S+. The van der Waals surface area contributed by atoms with E-state index in [9.17, 15) is 5.11 Å². The Bertz CT molecular complexity index is 697. The summed E-state index contributed by atoms with van der Waals surface area (Å²) in [6, 6.07) is 6.39. The van der Waals surface area contributed by atoms with E-state index in [1.807, 2.05) is 17.4 Å². The van der Waals surface area contributed by atoms with Gasteiger partial charge in [0.1, 0.15) is 18.3 Å². The van der Waals surface area contributed by atoms with Crippen LogP contribution in [0.2, 0.25) is 0 Å². The first-order valence-electron chi connectivity index (χ1n) is 7.78. The zero-order valence-corrected chi connectivity index (χ0v) is 13.4. The Kier molecular flexibility index (Phi) is 3.47. The number of hydrogen-bond acceptors (Lipinski definition) is 4. The highest BCUT2D eigenvalue weighted by molar-refractivity contribution is 7.10. The van der Waals surface area contributed by atoms with Crippen LogP contribution in [0.3, 0.4) is 0 Å². The Morgan fingerprint density at radius 1 is 1.32 bits per heavy atom. The van der Waals surface area contributed by atoms with Crippen LogP contribution in [0.15, 0.2) is 23.6 Å². The van der Waals surface area contributed by atoms with Crippen LogP contribution < -0.4 is 14.4 Å². The molecule has 0 fully saturated rings. The van der Waals surface area contributed by atoms with Crippen molar-refractivity contribution in [1.82, 2.24) is 0 Å². The van der Waals surface area contributed by atoms with E-state index >= 15 is 0 Å². The average Bonchev–Trinajstić information content (AvgIpc) is 3.15. The van der Waals surface area contributed by atoms with Gasteiger partial charge in [-0.2, -0.15) is 0 Å². The van der Waals surface area contributed by atoms with E-state index in [1.165, 1.54) is 15.3 Å². The van der Waals surface area contributed by atoms with Crippen LogP contribution in [0.4, 0.5) is 0 Å². The highest BCUT2D eigenvalue weighted by atomic mass is 32.1. The van der Waals surface area contributed by atoms with Gasteiger partial charge in [-0.3, -0.25) is 0 Å². The number of rotatable bonds is 3. The van der Waals surface area contributed by atoms with E-state index in [-0.39, 0.29) is 6.79 Å². The fourth-order valence-electron chi connectivity index (χ4n) is 3.61. The predicted molar refractivity (Wildman–Crippen MR) is 84.8 cm³/mol. The number of aromatic hydroxyl groups is 1. The molecule has 2 atom stereocenters. The van der Waals surface area contributed by atoms with Gasteiger partial charge in [-0.05, 0) is 17.5 Å². The van der Waals surface area contributed by atoms with Crippen molar-refractivity contribution < 1.29 is 19.5 Å². The number of nitrogens with one attached hydrogen (secondary N) is 1. The third-order valence-electron chi connectivity index (χ3n) is 4.72. The van der Waals surface area contributed by atoms with Gasteiger partial charge in [0.15, 0.2) is 11.5 Å². The van der Waals surface area contributed by atoms with E-state index in [0.717, 1.165) is 37.2 Å². The maximum Gasteiger partial charge on any atom is 0.231 e. The Morgan fingerprint density at radius 2 is 2.14 bits per heavy atom. The minimum absolute atomic E-state index is 0.241. The lowest BCUT2D eigenvalue weighted by atomic mass is 9.97. The molecule has 1 unspecified atom stereocenters. The van der Waals surface area contributed by atoms with E-state index in [1.54, 1.807) is 6.07 Å². The van der Waals surface area contributed by atoms with E-state index in [2.05, 4.69) is 18.4 Å². The first-order chi connectivity index (χ1) is 10.8. The molecule has 1 aromatic heterocycles. The van der Waals surface area contributed by atoms with Crippen LogP contribution >= 0.6 is 11.3 Å². The second-order valence-electron chi connectivity index (χ2n) is 5.93. The van der Waals surface area contributed by atoms with Gasteiger partial charge >= 0.3 is 0 Å². The molecule has 0 bridgehead atoms. The van der Waals surface area contributed by atoms with Gasteiger partial charge in [-0.25, -0.2) is 0 Å². The molecule has 0 spiro atoms. The third kappa shape index (κ3) is 2.25. The van der Waals surface area contributed by atoms with Gasteiger partial charge in [-0.15, -0.1) is 11.3 Å². The highest BCUT2D eigenvalue weighted by Gasteiger charge is 2.31. The lowest BCUT2D eigenvalue weighted by Gasteiger charge is -2.32. The van der Waals surface area contributed by atoms with E-state index in [4.69, 9.17) is 9.47 Å². The van der Waals surface area contributed by atoms with Crippen molar-refractivity contribution >= 4 is 11.3 Å². The first-order valence-corrected chi connectivity index (χ1v) is 8.66. The second-order valence-corrected chi connectivity index (χ2v) is 6.93. The molecule has 4 rings (SSSR count). The van der Waals surface area contributed by atoms with Crippen LogP contribution in [0.5, 0.6) is 17.2 Å². The number of phenols is 1. The van der Waals surface area contributed by atoms with Crippen molar-refractivity contribution in [1.29, 1.82) is 0 Å². The van der Waals surface area contributed by atoms with Gasteiger partial charge < -0.3 is 19.5 Å². The molecule has 3 heterocycles. The molecule has 22 heavy (non-hydrogen) atoms.